The Morgan fingerprint density at radius 3 is 2.89 bits per heavy atom. The normalized spacial score (nSPS) is 27.8. The SMILES string of the molecule is c1ccc(OCCN2CCC3(CCCOC3)C2)cc1. The van der Waals surface area contributed by atoms with Gasteiger partial charge in [-0.25, -0.2) is 0 Å². The van der Waals surface area contributed by atoms with Gasteiger partial charge in [0, 0.05) is 25.1 Å². The van der Waals surface area contributed by atoms with Gasteiger partial charge >= 0.3 is 0 Å². The fourth-order valence-corrected chi connectivity index (χ4v) is 3.26. The Labute approximate surface area is 115 Å². The Bertz CT molecular complexity index is 387. The molecule has 3 heteroatoms. The number of hydrogen-bond donors (Lipinski definition) is 0. The van der Waals surface area contributed by atoms with E-state index in [9.17, 15) is 0 Å². The molecule has 1 spiro atoms. The highest BCUT2D eigenvalue weighted by Gasteiger charge is 2.39. The number of ether oxygens (including phenoxy) is 2. The first-order valence-corrected chi connectivity index (χ1v) is 7.34. The predicted octanol–water partition coefficient (Wildman–Crippen LogP) is 2.57. The molecule has 0 bridgehead atoms. The highest BCUT2D eigenvalue weighted by Crippen LogP contribution is 2.37. The van der Waals surface area contributed by atoms with Crippen molar-refractivity contribution in [1.82, 2.24) is 4.90 Å². The average molecular weight is 261 g/mol. The molecule has 0 saturated carbocycles. The van der Waals surface area contributed by atoms with Crippen molar-refractivity contribution in [3.8, 4) is 5.75 Å². The first-order chi connectivity index (χ1) is 9.36. The van der Waals surface area contributed by atoms with Crippen molar-refractivity contribution in [3.63, 3.8) is 0 Å². The summed E-state index contributed by atoms with van der Waals surface area (Å²) in [6, 6.07) is 10.1. The Morgan fingerprint density at radius 1 is 1.21 bits per heavy atom. The van der Waals surface area contributed by atoms with Crippen LogP contribution in [-0.4, -0.2) is 44.4 Å². The van der Waals surface area contributed by atoms with Crippen molar-refractivity contribution in [3.05, 3.63) is 30.3 Å². The van der Waals surface area contributed by atoms with Gasteiger partial charge in [0.25, 0.3) is 0 Å². The summed E-state index contributed by atoms with van der Waals surface area (Å²) in [4.78, 5) is 2.53. The Balaban J connectivity index is 1.42. The third kappa shape index (κ3) is 3.28. The minimum absolute atomic E-state index is 0.449. The Kier molecular flexibility index (Phi) is 4.04. The zero-order chi connectivity index (χ0) is 13.0. The Morgan fingerprint density at radius 2 is 2.11 bits per heavy atom. The van der Waals surface area contributed by atoms with Gasteiger partial charge in [0.05, 0.1) is 6.61 Å². The highest BCUT2D eigenvalue weighted by atomic mass is 16.5. The van der Waals surface area contributed by atoms with Crippen LogP contribution >= 0.6 is 0 Å². The van der Waals surface area contributed by atoms with Crippen LogP contribution in [0.2, 0.25) is 0 Å². The third-order valence-corrected chi connectivity index (χ3v) is 4.34. The van der Waals surface area contributed by atoms with Gasteiger partial charge in [0.1, 0.15) is 12.4 Å². The van der Waals surface area contributed by atoms with Crippen LogP contribution in [-0.2, 0) is 4.74 Å². The van der Waals surface area contributed by atoms with Crippen molar-refractivity contribution in [2.24, 2.45) is 5.41 Å². The van der Waals surface area contributed by atoms with Gasteiger partial charge in [-0.15, -0.1) is 0 Å². The lowest BCUT2D eigenvalue weighted by atomic mass is 9.82. The van der Waals surface area contributed by atoms with Gasteiger partial charge in [-0.2, -0.15) is 0 Å². The van der Waals surface area contributed by atoms with E-state index in [4.69, 9.17) is 9.47 Å². The average Bonchev–Trinajstić information content (AvgIpc) is 2.84. The summed E-state index contributed by atoms with van der Waals surface area (Å²) in [5.74, 6) is 0.970. The number of nitrogens with zero attached hydrogens (tertiary/aromatic N) is 1. The van der Waals surface area contributed by atoms with E-state index in [1.54, 1.807) is 0 Å². The molecule has 104 valence electrons. The summed E-state index contributed by atoms with van der Waals surface area (Å²) in [6.07, 6.45) is 3.86. The van der Waals surface area contributed by atoms with Gasteiger partial charge in [0.2, 0.25) is 0 Å². The van der Waals surface area contributed by atoms with E-state index in [0.29, 0.717) is 5.41 Å². The van der Waals surface area contributed by atoms with Crippen molar-refractivity contribution in [2.75, 3.05) is 39.5 Å². The second-order valence-electron chi connectivity index (χ2n) is 5.84. The molecule has 1 unspecified atom stereocenters. The van der Waals surface area contributed by atoms with Gasteiger partial charge in [-0.1, -0.05) is 18.2 Å². The van der Waals surface area contributed by atoms with Crippen LogP contribution in [0.1, 0.15) is 19.3 Å². The van der Waals surface area contributed by atoms with Crippen LogP contribution < -0.4 is 4.74 Å². The van der Waals surface area contributed by atoms with E-state index in [2.05, 4.69) is 4.90 Å². The number of hydrogen-bond acceptors (Lipinski definition) is 3. The van der Waals surface area contributed by atoms with Gasteiger partial charge < -0.3 is 9.47 Å². The maximum absolute atomic E-state index is 5.77. The molecule has 3 nitrogen and oxygen atoms in total. The number of benzene rings is 1. The molecule has 3 rings (SSSR count). The van der Waals surface area contributed by atoms with Crippen LogP contribution in [0.4, 0.5) is 0 Å². The van der Waals surface area contributed by atoms with Crippen molar-refractivity contribution in [2.45, 2.75) is 19.3 Å². The number of likely N-dealkylation sites (tertiary alicyclic amines) is 1. The van der Waals surface area contributed by atoms with E-state index in [1.165, 1.54) is 32.4 Å². The standard InChI is InChI=1S/C16H23NO2/c1-2-5-15(6-3-1)19-12-10-17-9-8-16(13-17)7-4-11-18-14-16/h1-3,5-6H,4,7-14H2. The molecule has 2 aliphatic rings. The van der Waals surface area contributed by atoms with Crippen LogP contribution in [0.5, 0.6) is 5.75 Å². The van der Waals surface area contributed by atoms with Crippen molar-refractivity contribution < 1.29 is 9.47 Å². The smallest absolute Gasteiger partial charge is 0.119 e. The number of rotatable bonds is 4. The quantitative estimate of drug-likeness (QED) is 0.831. The highest BCUT2D eigenvalue weighted by molar-refractivity contribution is 5.20. The molecule has 2 saturated heterocycles. The van der Waals surface area contributed by atoms with Crippen molar-refractivity contribution >= 4 is 0 Å². The fourth-order valence-electron chi connectivity index (χ4n) is 3.26. The molecule has 1 atom stereocenters. The maximum atomic E-state index is 5.77. The lowest BCUT2D eigenvalue weighted by Crippen LogP contribution is -2.36. The van der Waals surface area contributed by atoms with E-state index < -0.39 is 0 Å². The minimum atomic E-state index is 0.449. The monoisotopic (exact) mass is 261 g/mol. The maximum Gasteiger partial charge on any atom is 0.119 e. The minimum Gasteiger partial charge on any atom is -0.492 e. The van der Waals surface area contributed by atoms with Gasteiger partial charge in [-0.05, 0) is 37.9 Å². The molecule has 0 radical (unpaired) electrons. The molecule has 0 aliphatic carbocycles. The molecular formula is C16H23NO2. The van der Waals surface area contributed by atoms with E-state index >= 15 is 0 Å². The lowest BCUT2D eigenvalue weighted by molar-refractivity contribution is -0.00256. The van der Waals surface area contributed by atoms with Gasteiger partial charge in [0.15, 0.2) is 0 Å². The third-order valence-electron chi connectivity index (χ3n) is 4.34. The van der Waals surface area contributed by atoms with Gasteiger partial charge in [-0.3, -0.25) is 4.90 Å². The fraction of sp³-hybridized carbons (Fsp3) is 0.625. The Hall–Kier alpha value is -1.06. The molecule has 0 N–H and O–H groups in total. The first kappa shape index (κ1) is 12.9. The van der Waals surface area contributed by atoms with E-state index in [-0.39, 0.29) is 0 Å². The van der Waals surface area contributed by atoms with Crippen LogP contribution in [0, 0.1) is 5.41 Å². The summed E-state index contributed by atoms with van der Waals surface area (Å²) in [5, 5.41) is 0. The topological polar surface area (TPSA) is 21.7 Å². The summed E-state index contributed by atoms with van der Waals surface area (Å²) in [5.41, 5.74) is 0.449. The molecule has 1 aromatic carbocycles. The summed E-state index contributed by atoms with van der Waals surface area (Å²) < 4.78 is 11.4. The molecule has 19 heavy (non-hydrogen) atoms. The van der Waals surface area contributed by atoms with Crippen LogP contribution in [0.3, 0.4) is 0 Å². The predicted molar refractivity (Wildman–Crippen MR) is 75.5 cm³/mol. The molecule has 2 fully saturated rings. The van der Waals surface area contributed by atoms with E-state index in [1.807, 2.05) is 30.3 Å². The second kappa shape index (κ2) is 5.93. The zero-order valence-corrected chi connectivity index (χ0v) is 11.5. The second-order valence-corrected chi connectivity index (χ2v) is 5.84. The lowest BCUT2D eigenvalue weighted by Gasteiger charge is -2.33. The molecule has 0 amide bonds. The molecule has 0 aromatic heterocycles. The first-order valence-electron chi connectivity index (χ1n) is 7.34. The molecule has 1 aromatic rings. The molecule has 2 aliphatic heterocycles. The van der Waals surface area contributed by atoms with Crippen molar-refractivity contribution in [1.29, 1.82) is 0 Å². The molecule has 2 heterocycles. The largest absolute Gasteiger partial charge is 0.492 e. The summed E-state index contributed by atoms with van der Waals surface area (Å²) in [6.45, 7) is 6.10. The van der Waals surface area contributed by atoms with E-state index in [0.717, 1.165) is 32.1 Å². The van der Waals surface area contributed by atoms with Crippen LogP contribution in [0.15, 0.2) is 30.3 Å². The molecular weight excluding hydrogens is 238 g/mol. The van der Waals surface area contributed by atoms with Crippen LogP contribution in [0.25, 0.3) is 0 Å². The summed E-state index contributed by atoms with van der Waals surface area (Å²) in [7, 11) is 0. The summed E-state index contributed by atoms with van der Waals surface area (Å²) >= 11 is 0. The zero-order valence-electron chi connectivity index (χ0n) is 11.5. The number of para-hydroxylation sites is 1.